The van der Waals surface area contributed by atoms with Crippen molar-refractivity contribution in [2.75, 3.05) is 0 Å². The standard InChI is InChI=1S/C13H24N2/c1-3-5-7-9-12(8-6-4-2)13-10-14-15-11-13/h10-12H,3-9H2,1-2H3,(H,14,15). The van der Waals surface area contributed by atoms with E-state index in [-0.39, 0.29) is 0 Å². The average molecular weight is 208 g/mol. The maximum Gasteiger partial charge on any atom is 0.0522 e. The molecule has 0 aliphatic rings. The van der Waals surface area contributed by atoms with Gasteiger partial charge in [-0.15, -0.1) is 0 Å². The number of nitrogens with one attached hydrogen (secondary N) is 1. The van der Waals surface area contributed by atoms with Crippen LogP contribution in [0.15, 0.2) is 12.4 Å². The molecule has 15 heavy (non-hydrogen) atoms. The third kappa shape index (κ3) is 4.50. The Morgan fingerprint density at radius 2 is 1.87 bits per heavy atom. The van der Waals surface area contributed by atoms with Crippen LogP contribution in [0, 0.1) is 0 Å². The molecule has 1 rings (SSSR count). The van der Waals surface area contributed by atoms with Crippen molar-refractivity contribution in [1.82, 2.24) is 10.2 Å². The highest BCUT2D eigenvalue weighted by atomic mass is 15.1. The second-order valence-electron chi connectivity index (χ2n) is 4.37. The lowest BCUT2D eigenvalue weighted by Gasteiger charge is -2.14. The smallest absolute Gasteiger partial charge is 0.0522 e. The van der Waals surface area contributed by atoms with Gasteiger partial charge in [0.25, 0.3) is 0 Å². The molecule has 0 fully saturated rings. The van der Waals surface area contributed by atoms with E-state index in [1.54, 1.807) is 0 Å². The van der Waals surface area contributed by atoms with Gasteiger partial charge in [0, 0.05) is 6.20 Å². The van der Waals surface area contributed by atoms with Gasteiger partial charge in [-0.05, 0) is 24.3 Å². The molecule has 2 nitrogen and oxygen atoms in total. The molecule has 1 N–H and O–H groups in total. The lowest BCUT2D eigenvalue weighted by atomic mass is 9.91. The molecule has 1 aromatic heterocycles. The van der Waals surface area contributed by atoms with Crippen LogP contribution in [0.4, 0.5) is 0 Å². The minimum Gasteiger partial charge on any atom is -0.285 e. The highest BCUT2D eigenvalue weighted by Crippen LogP contribution is 2.26. The summed E-state index contributed by atoms with van der Waals surface area (Å²) in [6.07, 6.45) is 13.4. The molecule has 0 aliphatic heterocycles. The highest BCUT2D eigenvalue weighted by molar-refractivity contribution is 5.09. The summed E-state index contributed by atoms with van der Waals surface area (Å²) in [5.74, 6) is 0.732. The van der Waals surface area contributed by atoms with Gasteiger partial charge in [-0.1, -0.05) is 46.0 Å². The van der Waals surface area contributed by atoms with E-state index in [2.05, 4.69) is 30.2 Å². The molecule has 2 heteroatoms. The Labute approximate surface area is 93.5 Å². The third-order valence-electron chi connectivity index (χ3n) is 3.05. The van der Waals surface area contributed by atoms with Gasteiger partial charge in [-0.25, -0.2) is 0 Å². The number of unbranched alkanes of at least 4 members (excludes halogenated alkanes) is 3. The fraction of sp³-hybridized carbons (Fsp3) is 0.769. The fourth-order valence-corrected chi connectivity index (χ4v) is 2.05. The Morgan fingerprint density at radius 3 is 2.47 bits per heavy atom. The quantitative estimate of drug-likeness (QED) is 0.635. The summed E-state index contributed by atoms with van der Waals surface area (Å²) < 4.78 is 0. The minimum absolute atomic E-state index is 0.732. The van der Waals surface area contributed by atoms with Gasteiger partial charge in [-0.2, -0.15) is 5.10 Å². The molecule has 0 amide bonds. The summed E-state index contributed by atoms with van der Waals surface area (Å²) in [7, 11) is 0. The summed E-state index contributed by atoms with van der Waals surface area (Å²) in [4.78, 5) is 0. The van der Waals surface area contributed by atoms with Gasteiger partial charge in [0.15, 0.2) is 0 Å². The first-order valence-corrected chi connectivity index (χ1v) is 6.37. The maximum atomic E-state index is 4.05. The minimum atomic E-state index is 0.732. The molecule has 1 atom stereocenters. The second-order valence-corrected chi connectivity index (χ2v) is 4.37. The zero-order valence-electron chi connectivity index (χ0n) is 10.1. The Hall–Kier alpha value is -0.790. The number of hydrogen-bond donors (Lipinski definition) is 1. The number of hydrogen-bond acceptors (Lipinski definition) is 1. The molecule has 0 spiro atoms. The van der Waals surface area contributed by atoms with Crippen molar-refractivity contribution in [3.63, 3.8) is 0 Å². The summed E-state index contributed by atoms with van der Waals surface area (Å²) >= 11 is 0. The van der Waals surface area contributed by atoms with Gasteiger partial charge in [-0.3, -0.25) is 5.10 Å². The molecule has 0 bridgehead atoms. The van der Waals surface area contributed by atoms with Crippen molar-refractivity contribution in [1.29, 1.82) is 0 Å². The summed E-state index contributed by atoms with van der Waals surface area (Å²) in [5, 5.41) is 6.98. The average Bonchev–Trinajstić information content (AvgIpc) is 2.76. The van der Waals surface area contributed by atoms with Crippen molar-refractivity contribution >= 4 is 0 Å². The highest BCUT2D eigenvalue weighted by Gasteiger charge is 2.11. The lowest BCUT2D eigenvalue weighted by Crippen LogP contribution is -1.98. The van der Waals surface area contributed by atoms with E-state index < -0.39 is 0 Å². The number of aromatic nitrogens is 2. The van der Waals surface area contributed by atoms with E-state index >= 15 is 0 Å². The second kappa shape index (κ2) is 7.49. The van der Waals surface area contributed by atoms with Gasteiger partial charge in [0.1, 0.15) is 0 Å². The number of rotatable bonds is 8. The molecule has 86 valence electrons. The van der Waals surface area contributed by atoms with E-state index in [0.29, 0.717) is 0 Å². The zero-order valence-corrected chi connectivity index (χ0v) is 10.1. The van der Waals surface area contributed by atoms with Crippen molar-refractivity contribution < 1.29 is 0 Å². The van der Waals surface area contributed by atoms with Crippen LogP contribution in [0.3, 0.4) is 0 Å². The van der Waals surface area contributed by atoms with E-state index in [9.17, 15) is 0 Å². The number of H-pyrrole nitrogens is 1. The molecule has 0 aromatic carbocycles. The van der Waals surface area contributed by atoms with Gasteiger partial charge in [0.2, 0.25) is 0 Å². The van der Waals surface area contributed by atoms with Crippen LogP contribution >= 0.6 is 0 Å². The van der Waals surface area contributed by atoms with Crippen molar-refractivity contribution in [3.8, 4) is 0 Å². The zero-order chi connectivity index (χ0) is 10.9. The SMILES string of the molecule is CCCCCC(CCCC)c1cn[nH]c1. The molecular weight excluding hydrogens is 184 g/mol. The van der Waals surface area contributed by atoms with E-state index in [1.165, 1.54) is 50.5 Å². The molecule has 1 unspecified atom stereocenters. The largest absolute Gasteiger partial charge is 0.285 e. The molecule has 0 saturated heterocycles. The van der Waals surface area contributed by atoms with Gasteiger partial charge in [0.05, 0.1) is 6.20 Å². The summed E-state index contributed by atoms with van der Waals surface area (Å²) in [6, 6.07) is 0. The van der Waals surface area contributed by atoms with Crippen LogP contribution in [-0.4, -0.2) is 10.2 Å². The number of nitrogens with zero attached hydrogens (tertiary/aromatic N) is 1. The van der Waals surface area contributed by atoms with Crippen molar-refractivity contribution in [3.05, 3.63) is 18.0 Å². The Balaban J connectivity index is 2.39. The summed E-state index contributed by atoms with van der Waals surface area (Å²) in [6.45, 7) is 4.53. The first-order valence-electron chi connectivity index (χ1n) is 6.37. The molecular formula is C13H24N2. The first-order chi connectivity index (χ1) is 7.38. The molecule has 0 radical (unpaired) electrons. The molecule has 0 aliphatic carbocycles. The van der Waals surface area contributed by atoms with Gasteiger partial charge >= 0.3 is 0 Å². The monoisotopic (exact) mass is 208 g/mol. The van der Waals surface area contributed by atoms with Crippen molar-refractivity contribution in [2.45, 2.75) is 64.7 Å². The van der Waals surface area contributed by atoms with E-state index in [4.69, 9.17) is 0 Å². The summed E-state index contributed by atoms with van der Waals surface area (Å²) in [5.41, 5.74) is 1.40. The Kier molecular flexibility index (Phi) is 6.14. The van der Waals surface area contributed by atoms with Crippen LogP contribution in [0.5, 0.6) is 0 Å². The van der Waals surface area contributed by atoms with E-state index in [1.807, 2.05) is 6.20 Å². The molecule has 1 heterocycles. The Bertz CT molecular complexity index is 229. The Morgan fingerprint density at radius 1 is 1.13 bits per heavy atom. The molecule has 1 aromatic rings. The topological polar surface area (TPSA) is 28.7 Å². The van der Waals surface area contributed by atoms with Crippen LogP contribution in [0.25, 0.3) is 0 Å². The predicted molar refractivity (Wildman–Crippen MR) is 65.0 cm³/mol. The fourth-order valence-electron chi connectivity index (χ4n) is 2.05. The van der Waals surface area contributed by atoms with E-state index in [0.717, 1.165) is 5.92 Å². The number of aromatic amines is 1. The predicted octanol–water partition coefficient (Wildman–Crippen LogP) is 4.26. The maximum absolute atomic E-state index is 4.05. The van der Waals surface area contributed by atoms with Crippen molar-refractivity contribution in [2.24, 2.45) is 0 Å². The van der Waals surface area contributed by atoms with Crippen LogP contribution < -0.4 is 0 Å². The first kappa shape index (κ1) is 12.3. The normalized spacial score (nSPS) is 12.9. The third-order valence-corrected chi connectivity index (χ3v) is 3.05. The molecule has 0 saturated carbocycles. The lowest BCUT2D eigenvalue weighted by molar-refractivity contribution is 0.515. The van der Waals surface area contributed by atoms with Gasteiger partial charge < -0.3 is 0 Å². The van der Waals surface area contributed by atoms with Crippen LogP contribution in [0.2, 0.25) is 0 Å². The van der Waals surface area contributed by atoms with Crippen LogP contribution in [-0.2, 0) is 0 Å². The van der Waals surface area contributed by atoms with Crippen LogP contribution in [0.1, 0.15) is 70.3 Å².